The minimum absolute atomic E-state index is 0.509. The number of rotatable bonds is 3. The van der Waals surface area contributed by atoms with E-state index in [0.717, 1.165) is 37.6 Å². The minimum atomic E-state index is 0.509. The Morgan fingerprint density at radius 2 is 1.90 bits per heavy atom. The predicted octanol–water partition coefficient (Wildman–Crippen LogP) is 1.34. The molecular weight excluding hydrogens is 272 g/mol. The fourth-order valence-corrected chi connectivity index (χ4v) is 2.04. The molecule has 1 aromatic carbocycles. The lowest BCUT2D eigenvalue weighted by Gasteiger charge is -2.28. The maximum Gasteiger partial charge on any atom is 0.186 e. The van der Waals surface area contributed by atoms with Crippen LogP contribution in [0.5, 0.6) is 0 Å². The van der Waals surface area contributed by atoms with E-state index < -0.39 is 0 Å². The lowest BCUT2D eigenvalue weighted by molar-refractivity contribution is 0.122. The van der Waals surface area contributed by atoms with Crippen molar-refractivity contribution in [2.45, 2.75) is 6.92 Å². The summed E-state index contributed by atoms with van der Waals surface area (Å²) in [6.45, 7) is 5.45. The highest BCUT2D eigenvalue weighted by molar-refractivity contribution is 7.80. The third-order valence-electron chi connectivity index (χ3n) is 3.21. The highest BCUT2D eigenvalue weighted by Gasteiger charge is 2.10. The zero-order chi connectivity index (χ0) is 14.4. The van der Waals surface area contributed by atoms with Gasteiger partial charge in [0.2, 0.25) is 0 Å². The van der Waals surface area contributed by atoms with Crippen LogP contribution >= 0.6 is 12.2 Å². The zero-order valence-corrected chi connectivity index (χ0v) is 12.7. The smallest absolute Gasteiger partial charge is 0.186 e. The monoisotopic (exact) mass is 292 g/mol. The van der Waals surface area contributed by atoms with Gasteiger partial charge < -0.3 is 15.0 Å². The second kappa shape index (κ2) is 7.21. The molecule has 5 nitrogen and oxygen atoms in total. The highest BCUT2D eigenvalue weighted by Crippen LogP contribution is 2.16. The van der Waals surface area contributed by atoms with E-state index in [0.29, 0.717) is 5.11 Å². The predicted molar refractivity (Wildman–Crippen MR) is 86.5 cm³/mol. The SMILES string of the molecule is CNC(=S)N/N=C(/C)c1ccc(N2CCOCC2)cc1. The fraction of sp³-hybridized carbons (Fsp3) is 0.429. The molecule has 1 aliphatic rings. The number of ether oxygens (including phenoxy) is 1. The van der Waals surface area contributed by atoms with E-state index in [-0.39, 0.29) is 0 Å². The van der Waals surface area contributed by atoms with Gasteiger partial charge in [0.1, 0.15) is 0 Å². The van der Waals surface area contributed by atoms with E-state index in [1.807, 2.05) is 6.92 Å². The molecule has 0 aliphatic carbocycles. The van der Waals surface area contributed by atoms with E-state index in [9.17, 15) is 0 Å². The summed E-state index contributed by atoms with van der Waals surface area (Å²) in [6, 6.07) is 8.40. The fourth-order valence-electron chi connectivity index (χ4n) is 1.99. The molecule has 0 spiro atoms. The number of morpholine rings is 1. The van der Waals surface area contributed by atoms with Gasteiger partial charge in [0.15, 0.2) is 5.11 Å². The number of nitrogens with one attached hydrogen (secondary N) is 2. The molecule has 1 heterocycles. The maximum atomic E-state index is 5.36. The molecule has 6 heteroatoms. The average molecular weight is 292 g/mol. The Balaban J connectivity index is 2.01. The number of anilines is 1. The van der Waals surface area contributed by atoms with E-state index >= 15 is 0 Å². The van der Waals surface area contributed by atoms with Gasteiger partial charge in [-0.1, -0.05) is 12.1 Å². The molecule has 0 aromatic heterocycles. The van der Waals surface area contributed by atoms with Gasteiger partial charge in [-0.15, -0.1) is 0 Å². The number of benzene rings is 1. The number of hydrogen-bond donors (Lipinski definition) is 2. The molecule has 0 bridgehead atoms. The molecule has 0 saturated carbocycles. The third kappa shape index (κ3) is 3.91. The topological polar surface area (TPSA) is 48.9 Å². The van der Waals surface area contributed by atoms with Gasteiger partial charge in [-0.3, -0.25) is 5.43 Å². The quantitative estimate of drug-likeness (QED) is 0.500. The van der Waals surface area contributed by atoms with Crippen LogP contribution in [0.4, 0.5) is 5.69 Å². The van der Waals surface area contributed by atoms with Crippen molar-refractivity contribution in [3.05, 3.63) is 29.8 Å². The Bertz CT molecular complexity index is 480. The molecule has 2 rings (SSSR count). The van der Waals surface area contributed by atoms with Crippen LogP contribution in [-0.4, -0.2) is 44.2 Å². The molecule has 1 saturated heterocycles. The molecule has 0 radical (unpaired) electrons. The van der Waals surface area contributed by atoms with Crippen LogP contribution in [0.3, 0.4) is 0 Å². The van der Waals surface area contributed by atoms with Crippen LogP contribution in [0, 0.1) is 0 Å². The second-order valence-corrected chi connectivity index (χ2v) is 4.94. The van der Waals surface area contributed by atoms with Crippen LogP contribution in [0.2, 0.25) is 0 Å². The number of thiocarbonyl (C=S) groups is 1. The molecular formula is C14H20N4OS. The number of hydrazone groups is 1. The summed E-state index contributed by atoms with van der Waals surface area (Å²) in [5.74, 6) is 0. The normalized spacial score (nSPS) is 15.9. The Hall–Kier alpha value is -1.66. The summed E-state index contributed by atoms with van der Waals surface area (Å²) in [5.41, 5.74) is 5.99. The molecule has 0 amide bonds. The summed E-state index contributed by atoms with van der Waals surface area (Å²) in [5, 5.41) is 7.56. The van der Waals surface area contributed by atoms with Crippen LogP contribution in [0.15, 0.2) is 29.4 Å². The van der Waals surface area contributed by atoms with Gasteiger partial charge in [-0.2, -0.15) is 5.10 Å². The van der Waals surface area contributed by atoms with Gasteiger partial charge in [0, 0.05) is 25.8 Å². The molecule has 108 valence electrons. The first kappa shape index (κ1) is 14.7. The summed E-state index contributed by atoms with van der Waals surface area (Å²) in [7, 11) is 1.76. The van der Waals surface area contributed by atoms with E-state index in [4.69, 9.17) is 17.0 Å². The van der Waals surface area contributed by atoms with Crippen LogP contribution in [0.25, 0.3) is 0 Å². The first-order valence-electron chi connectivity index (χ1n) is 6.66. The van der Waals surface area contributed by atoms with Crippen molar-refractivity contribution >= 4 is 28.7 Å². The lowest BCUT2D eigenvalue weighted by Crippen LogP contribution is -2.36. The van der Waals surface area contributed by atoms with E-state index in [1.54, 1.807) is 7.05 Å². The van der Waals surface area contributed by atoms with Crippen LogP contribution < -0.4 is 15.6 Å². The Kier molecular flexibility index (Phi) is 5.31. The van der Waals surface area contributed by atoms with Crippen LogP contribution in [0.1, 0.15) is 12.5 Å². The summed E-state index contributed by atoms with van der Waals surface area (Å²) >= 11 is 4.98. The lowest BCUT2D eigenvalue weighted by atomic mass is 10.1. The molecule has 2 N–H and O–H groups in total. The molecule has 20 heavy (non-hydrogen) atoms. The van der Waals surface area contributed by atoms with E-state index in [2.05, 4.69) is 45.0 Å². The molecule has 1 aliphatic heterocycles. The summed E-state index contributed by atoms with van der Waals surface area (Å²) < 4.78 is 5.36. The van der Waals surface area contributed by atoms with Crippen molar-refractivity contribution in [1.82, 2.24) is 10.7 Å². The van der Waals surface area contributed by atoms with Crippen molar-refractivity contribution in [3.63, 3.8) is 0 Å². The average Bonchev–Trinajstić information content (AvgIpc) is 2.53. The minimum Gasteiger partial charge on any atom is -0.378 e. The first-order valence-corrected chi connectivity index (χ1v) is 7.06. The van der Waals surface area contributed by atoms with Gasteiger partial charge in [0.25, 0.3) is 0 Å². The van der Waals surface area contributed by atoms with Gasteiger partial charge >= 0.3 is 0 Å². The van der Waals surface area contributed by atoms with Crippen molar-refractivity contribution < 1.29 is 4.74 Å². The first-order chi connectivity index (χ1) is 9.70. The van der Waals surface area contributed by atoms with Crippen molar-refractivity contribution in [1.29, 1.82) is 0 Å². The number of hydrogen-bond acceptors (Lipinski definition) is 4. The van der Waals surface area contributed by atoms with Gasteiger partial charge in [0.05, 0.1) is 18.9 Å². The second-order valence-electron chi connectivity index (χ2n) is 4.53. The molecule has 0 unspecified atom stereocenters. The zero-order valence-electron chi connectivity index (χ0n) is 11.8. The van der Waals surface area contributed by atoms with Gasteiger partial charge in [-0.25, -0.2) is 0 Å². The maximum absolute atomic E-state index is 5.36. The van der Waals surface area contributed by atoms with Crippen molar-refractivity contribution in [2.24, 2.45) is 5.10 Å². The largest absolute Gasteiger partial charge is 0.378 e. The Labute approximate surface area is 125 Å². The van der Waals surface area contributed by atoms with Gasteiger partial charge in [-0.05, 0) is 36.8 Å². The summed E-state index contributed by atoms with van der Waals surface area (Å²) in [6.07, 6.45) is 0. The van der Waals surface area contributed by atoms with Crippen molar-refractivity contribution in [2.75, 3.05) is 38.3 Å². The third-order valence-corrected chi connectivity index (χ3v) is 3.51. The molecule has 1 fully saturated rings. The number of nitrogens with zero attached hydrogens (tertiary/aromatic N) is 2. The van der Waals surface area contributed by atoms with Crippen LogP contribution in [-0.2, 0) is 4.74 Å². The molecule has 0 atom stereocenters. The standard InChI is InChI=1S/C14H20N4OS/c1-11(16-17-14(20)15-2)12-3-5-13(6-4-12)18-7-9-19-10-8-18/h3-6H,7-10H2,1-2H3,(H2,15,17,20)/b16-11-. The van der Waals surface area contributed by atoms with E-state index in [1.165, 1.54) is 5.69 Å². The Morgan fingerprint density at radius 1 is 1.25 bits per heavy atom. The Morgan fingerprint density at radius 3 is 2.50 bits per heavy atom. The molecule has 1 aromatic rings. The highest BCUT2D eigenvalue weighted by atomic mass is 32.1. The van der Waals surface area contributed by atoms with Crippen molar-refractivity contribution in [3.8, 4) is 0 Å². The summed E-state index contributed by atoms with van der Waals surface area (Å²) in [4.78, 5) is 2.33.